The summed E-state index contributed by atoms with van der Waals surface area (Å²) < 4.78 is 27.9. The van der Waals surface area contributed by atoms with Crippen LogP contribution in [0.5, 0.6) is 0 Å². The van der Waals surface area contributed by atoms with Crippen LogP contribution in [0.2, 0.25) is 0 Å². The zero-order valence-corrected chi connectivity index (χ0v) is 16.5. The second-order valence-corrected chi connectivity index (χ2v) is 8.70. The highest BCUT2D eigenvalue weighted by atomic mass is 32.2. The molecule has 0 aliphatic carbocycles. The molecule has 27 heavy (non-hydrogen) atoms. The first-order chi connectivity index (χ1) is 12.8. The summed E-state index contributed by atoms with van der Waals surface area (Å²) >= 11 is 0. The summed E-state index contributed by atoms with van der Waals surface area (Å²) in [4.78, 5) is 16.7. The number of amides is 1. The maximum absolute atomic E-state index is 12.7. The SMILES string of the molecule is Cc1cccc(CNS(=O)(=O)c2cccc(C(=O)N3CCN(C)CC3)c2)c1. The Hall–Kier alpha value is -2.22. The van der Waals surface area contributed by atoms with Crippen molar-refractivity contribution in [1.82, 2.24) is 14.5 Å². The third kappa shape index (κ3) is 4.94. The van der Waals surface area contributed by atoms with E-state index in [9.17, 15) is 13.2 Å². The highest BCUT2D eigenvalue weighted by molar-refractivity contribution is 7.89. The number of carbonyl (C=O) groups excluding carboxylic acids is 1. The van der Waals surface area contributed by atoms with E-state index < -0.39 is 10.0 Å². The second-order valence-electron chi connectivity index (χ2n) is 6.94. The second kappa shape index (κ2) is 8.21. The van der Waals surface area contributed by atoms with Gasteiger partial charge in [0.2, 0.25) is 10.0 Å². The van der Waals surface area contributed by atoms with Gasteiger partial charge >= 0.3 is 0 Å². The van der Waals surface area contributed by atoms with E-state index in [-0.39, 0.29) is 17.3 Å². The van der Waals surface area contributed by atoms with Crippen LogP contribution in [0.1, 0.15) is 21.5 Å². The van der Waals surface area contributed by atoms with Gasteiger partial charge in [-0.1, -0.05) is 35.9 Å². The fraction of sp³-hybridized carbons (Fsp3) is 0.350. The van der Waals surface area contributed by atoms with E-state index in [0.29, 0.717) is 18.7 Å². The summed E-state index contributed by atoms with van der Waals surface area (Å²) in [5.41, 5.74) is 2.37. The lowest BCUT2D eigenvalue weighted by Crippen LogP contribution is -2.47. The molecular formula is C20H25N3O3S. The van der Waals surface area contributed by atoms with Crippen molar-refractivity contribution < 1.29 is 13.2 Å². The minimum Gasteiger partial charge on any atom is -0.336 e. The average molecular weight is 388 g/mol. The van der Waals surface area contributed by atoms with Gasteiger partial charge in [-0.2, -0.15) is 0 Å². The highest BCUT2D eigenvalue weighted by Gasteiger charge is 2.22. The summed E-state index contributed by atoms with van der Waals surface area (Å²) in [6.45, 7) is 5.12. The van der Waals surface area contributed by atoms with Gasteiger partial charge in [0.05, 0.1) is 4.90 Å². The molecule has 2 aromatic carbocycles. The van der Waals surface area contributed by atoms with E-state index >= 15 is 0 Å². The molecule has 0 unspecified atom stereocenters. The number of rotatable bonds is 5. The molecule has 144 valence electrons. The predicted octanol–water partition coefficient (Wildman–Crippen LogP) is 1.86. The number of aryl methyl sites for hydroxylation is 1. The molecule has 1 N–H and O–H groups in total. The molecule has 0 aromatic heterocycles. The van der Waals surface area contributed by atoms with Crippen molar-refractivity contribution in [3.05, 3.63) is 65.2 Å². The fourth-order valence-corrected chi connectivity index (χ4v) is 4.14. The Labute approximate surface area is 160 Å². The van der Waals surface area contributed by atoms with Crippen LogP contribution in [0.25, 0.3) is 0 Å². The van der Waals surface area contributed by atoms with Gasteiger partial charge in [0.15, 0.2) is 0 Å². The molecule has 6 nitrogen and oxygen atoms in total. The quantitative estimate of drug-likeness (QED) is 0.850. The Kier molecular flexibility index (Phi) is 5.94. The number of likely N-dealkylation sites (N-methyl/N-ethyl adjacent to an activating group) is 1. The molecule has 1 saturated heterocycles. The van der Waals surface area contributed by atoms with E-state index in [0.717, 1.165) is 24.2 Å². The molecule has 1 heterocycles. The topological polar surface area (TPSA) is 69.7 Å². The average Bonchev–Trinajstić information content (AvgIpc) is 2.67. The number of sulfonamides is 1. The molecule has 0 bridgehead atoms. The van der Waals surface area contributed by atoms with E-state index in [1.807, 2.05) is 38.2 Å². The Morgan fingerprint density at radius 1 is 1.04 bits per heavy atom. The lowest BCUT2D eigenvalue weighted by atomic mass is 10.1. The molecule has 0 spiro atoms. The maximum Gasteiger partial charge on any atom is 0.253 e. The molecule has 3 rings (SSSR count). The molecule has 2 aromatic rings. The highest BCUT2D eigenvalue weighted by Crippen LogP contribution is 2.15. The van der Waals surface area contributed by atoms with Crippen LogP contribution in [0.4, 0.5) is 0 Å². The number of nitrogens with one attached hydrogen (secondary N) is 1. The van der Waals surface area contributed by atoms with Crippen molar-refractivity contribution in [1.29, 1.82) is 0 Å². The Morgan fingerprint density at radius 3 is 2.44 bits per heavy atom. The smallest absolute Gasteiger partial charge is 0.253 e. The summed E-state index contributed by atoms with van der Waals surface area (Å²) in [7, 11) is -1.67. The van der Waals surface area contributed by atoms with Gasteiger partial charge in [-0.3, -0.25) is 4.79 Å². The predicted molar refractivity (Wildman–Crippen MR) is 105 cm³/mol. The molecule has 1 amide bonds. The Bertz CT molecular complexity index is 920. The zero-order chi connectivity index (χ0) is 19.4. The minimum atomic E-state index is -3.70. The maximum atomic E-state index is 12.7. The normalized spacial score (nSPS) is 15.7. The summed E-state index contributed by atoms with van der Waals surface area (Å²) in [6.07, 6.45) is 0. The summed E-state index contributed by atoms with van der Waals surface area (Å²) in [5.74, 6) is -0.126. The van der Waals surface area contributed by atoms with Crippen molar-refractivity contribution in [3.8, 4) is 0 Å². The Balaban J connectivity index is 1.72. The van der Waals surface area contributed by atoms with Crippen molar-refractivity contribution in [3.63, 3.8) is 0 Å². The summed E-state index contributed by atoms with van der Waals surface area (Å²) in [5, 5.41) is 0. The Morgan fingerprint density at radius 2 is 1.74 bits per heavy atom. The van der Waals surface area contributed by atoms with Crippen LogP contribution in [-0.2, 0) is 16.6 Å². The van der Waals surface area contributed by atoms with Crippen molar-refractivity contribution in [2.45, 2.75) is 18.4 Å². The van der Waals surface area contributed by atoms with Crippen LogP contribution < -0.4 is 4.72 Å². The molecule has 0 atom stereocenters. The van der Waals surface area contributed by atoms with Crippen molar-refractivity contribution in [2.75, 3.05) is 33.2 Å². The first kappa shape index (κ1) is 19.5. The molecule has 0 radical (unpaired) electrons. The monoisotopic (exact) mass is 387 g/mol. The zero-order valence-electron chi connectivity index (χ0n) is 15.7. The molecule has 1 fully saturated rings. The van der Waals surface area contributed by atoms with Crippen molar-refractivity contribution >= 4 is 15.9 Å². The molecule has 0 saturated carbocycles. The first-order valence-corrected chi connectivity index (χ1v) is 10.5. The van der Waals surface area contributed by atoms with Crippen LogP contribution in [-0.4, -0.2) is 57.4 Å². The van der Waals surface area contributed by atoms with Gasteiger partial charge in [0, 0.05) is 38.3 Å². The van der Waals surface area contributed by atoms with Crippen LogP contribution in [0.3, 0.4) is 0 Å². The number of hydrogen-bond donors (Lipinski definition) is 1. The van der Waals surface area contributed by atoms with Crippen molar-refractivity contribution in [2.24, 2.45) is 0 Å². The van der Waals surface area contributed by atoms with E-state index in [4.69, 9.17) is 0 Å². The summed E-state index contributed by atoms with van der Waals surface area (Å²) in [6, 6.07) is 13.9. The number of piperazine rings is 1. The number of hydrogen-bond acceptors (Lipinski definition) is 4. The standard InChI is InChI=1S/C20H25N3O3S/c1-16-5-3-6-17(13-16)15-21-27(25,26)19-8-4-7-18(14-19)20(24)23-11-9-22(2)10-12-23/h3-8,13-14,21H,9-12,15H2,1-2H3. The molecule has 7 heteroatoms. The van der Waals surface area contributed by atoms with Gasteiger partial charge in [0.1, 0.15) is 0 Å². The molecule has 1 aliphatic heterocycles. The van der Waals surface area contributed by atoms with E-state index in [1.165, 1.54) is 12.1 Å². The van der Waals surface area contributed by atoms with Gasteiger partial charge in [-0.15, -0.1) is 0 Å². The van der Waals surface area contributed by atoms with Crippen LogP contribution >= 0.6 is 0 Å². The number of benzene rings is 2. The van der Waals surface area contributed by atoms with E-state index in [2.05, 4.69) is 9.62 Å². The largest absolute Gasteiger partial charge is 0.336 e. The van der Waals surface area contributed by atoms with Gasteiger partial charge < -0.3 is 9.80 Å². The number of nitrogens with zero attached hydrogens (tertiary/aromatic N) is 2. The van der Waals surface area contributed by atoms with E-state index in [1.54, 1.807) is 17.0 Å². The van der Waals surface area contributed by atoms with Gasteiger partial charge in [-0.25, -0.2) is 13.1 Å². The number of carbonyl (C=O) groups is 1. The lowest BCUT2D eigenvalue weighted by molar-refractivity contribution is 0.0664. The van der Waals surface area contributed by atoms with Crippen LogP contribution in [0.15, 0.2) is 53.4 Å². The van der Waals surface area contributed by atoms with Crippen LogP contribution in [0, 0.1) is 6.92 Å². The third-order valence-electron chi connectivity index (χ3n) is 4.73. The molecule has 1 aliphatic rings. The fourth-order valence-electron chi connectivity index (χ4n) is 3.07. The third-order valence-corrected chi connectivity index (χ3v) is 6.13. The first-order valence-electron chi connectivity index (χ1n) is 8.98. The lowest BCUT2D eigenvalue weighted by Gasteiger charge is -2.32. The van der Waals surface area contributed by atoms with Gasteiger partial charge in [-0.05, 0) is 37.7 Å². The minimum absolute atomic E-state index is 0.107. The molecular weight excluding hydrogens is 362 g/mol. The van der Waals surface area contributed by atoms with Gasteiger partial charge in [0.25, 0.3) is 5.91 Å².